The van der Waals surface area contributed by atoms with Crippen LogP contribution < -0.4 is 24.1 Å². The van der Waals surface area contributed by atoms with E-state index in [0.29, 0.717) is 12.8 Å². The number of methoxy groups -OCH3 is 2. The molecule has 5 nitrogen and oxygen atoms in total. The van der Waals surface area contributed by atoms with Crippen molar-refractivity contribution in [1.29, 1.82) is 0 Å². The van der Waals surface area contributed by atoms with Crippen molar-refractivity contribution in [2.45, 2.75) is 51.5 Å². The molecule has 2 aromatic carbocycles. The maximum absolute atomic E-state index is 5.98. The van der Waals surface area contributed by atoms with Crippen molar-refractivity contribution in [3.63, 3.8) is 0 Å². The summed E-state index contributed by atoms with van der Waals surface area (Å²) in [5.41, 5.74) is 5.45. The molecule has 6 heteroatoms. The lowest BCUT2D eigenvalue weighted by atomic mass is 9.80. The first kappa shape index (κ1) is 19.8. The third kappa shape index (κ3) is 2.84. The lowest BCUT2D eigenvalue weighted by Gasteiger charge is -2.46. The van der Waals surface area contributed by atoms with Crippen molar-refractivity contribution in [2.24, 2.45) is 0 Å². The Kier molecular flexibility index (Phi) is 4.56. The molecule has 2 atom stereocenters. The topological polar surface area (TPSA) is 40.2 Å². The number of hydrogen-bond donors (Lipinski definition) is 0. The molecule has 3 heterocycles. The van der Waals surface area contributed by atoms with Crippen molar-refractivity contribution >= 4 is 13.3 Å². The van der Waals surface area contributed by atoms with E-state index in [-0.39, 0.29) is 6.04 Å². The molecule has 0 unspecified atom stereocenters. The smallest absolute Gasteiger partial charge is 0.231 e. The molecule has 30 heavy (non-hydrogen) atoms. The second kappa shape index (κ2) is 6.92. The van der Waals surface area contributed by atoms with Crippen LogP contribution in [0.4, 0.5) is 0 Å². The Labute approximate surface area is 179 Å². The first-order valence-corrected chi connectivity index (χ1v) is 14.3. The van der Waals surface area contributed by atoms with Crippen molar-refractivity contribution in [2.75, 3.05) is 27.6 Å². The van der Waals surface area contributed by atoms with Gasteiger partial charge >= 0.3 is 0 Å². The molecule has 2 aromatic rings. The Bertz CT molecular complexity index is 1010. The Morgan fingerprint density at radius 3 is 2.33 bits per heavy atom. The zero-order chi connectivity index (χ0) is 21.2. The van der Waals surface area contributed by atoms with E-state index in [4.69, 9.17) is 18.9 Å². The van der Waals surface area contributed by atoms with Gasteiger partial charge in [0.15, 0.2) is 23.0 Å². The summed E-state index contributed by atoms with van der Waals surface area (Å²) in [5, 5.41) is 1.34. The van der Waals surface area contributed by atoms with E-state index in [1.54, 1.807) is 14.2 Å². The minimum atomic E-state index is -1.61. The monoisotopic (exact) mass is 425 g/mol. The quantitative estimate of drug-likeness (QED) is 0.690. The maximum atomic E-state index is 5.98. The van der Waals surface area contributed by atoms with Crippen LogP contribution in [0.1, 0.15) is 41.3 Å². The van der Waals surface area contributed by atoms with Crippen LogP contribution in [0.15, 0.2) is 18.2 Å². The standard InChI is InChI=1S/C24H31NO4Si/c1-14-22-16(11-21(30(4,5)6)23(26-2)24(22)27-3)9-18-17-12-20-19(28-13-29-20)10-15(17)7-8-25(14)18/h10-12,14,18H,7-9,13H2,1-6H3/t14-,18-/m0/s1. The van der Waals surface area contributed by atoms with E-state index in [0.717, 1.165) is 42.4 Å². The van der Waals surface area contributed by atoms with E-state index >= 15 is 0 Å². The SMILES string of the molecule is COc1c([Si](C)(C)C)cc2c(c1OC)[C@H](C)N1CCc3cc4c(cc3[C@@H]1C2)OCO4. The normalized spacial score (nSPS) is 22.2. The van der Waals surface area contributed by atoms with Crippen LogP contribution in [0.25, 0.3) is 0 Å². The van der Waals surface area contributed by atoms with Crippen LogP contribution in [-0.2, 0) is 12.8 Å². The fourth-order valence-electron chi connectivity index (χ4n) is 5.47. The van der Waals surface area contributed by atoms with Gasteiger partial charge in [0, 0.05) is 24.2 Å². The Morgan fingerprint density at radius 2 is 1.67 bits per heavy atom. The third-order valence-corrected chi connectivity index (χ3v) is 8.93. The van der Waals surface area contributed by atoms with Crippen LogP contribution >= 0.6 is 0 Å². The van der Waals surface area contributed by atoms with Crippen LogP contribution in [0, 0.1) is 0 Å². The van der Waals surface area contributed by atoms with Gasteiger partial charge in [0.05, 0.1) is 22.3 Å². The second-order valence-corrected chi connectivity index (χ2v) is 14.6. The molecule has 0 amide bonds. The Hall–Kier alpha value is -2.18. The average molecular weight is 426 g/mol. The molecule has 0 fully saturated rings. The number of fused-ring (bicyclic) bond motifs is 5. The number of nitrogens with zero attached hydrogens (tertiary/aromatic N) is 1. The largest absolute Gasteiger partial charge is 0.493 e. The highest BCUT2D eigenvalue weighted by atomic mass is 28.3. The van der Waals surface area contributed by atoms with Crippen LogP contribution in [0.2, 0.25) is 19.6 Å². The summed E-state index contributed by atoms with van der Waals surface area (Å²) in [6.07, 6.45) is 2.00. The molecule has 3 aliphatic heterocycles. The molecule has 0 N–H and O–H groups in total. The zero-order valence-corrected chi connectivity index (χ0v) is 19.8. The molecule has 0 aromatic heterocycles. The van der Waals surface area contributed by atoms with E-state index in [2.05, 4.69) is 49.7 Å². The molecule has 0 saturated carbocycles. The molecule has 160 valence electrons. The summed E-state index contributed by atoms with van der Waals surface area (Å²) in [5.74, 6) is 3.62. The number of rotatable bonds is 3. The van der Waals surface area contributed by atoms with Gasteiger partial charge in [-0.25, -0.2) is 0 Å². The minimum absolute atomic E-state index is 0.261. The molecular weight excluding hydrogens is 394 g/mol. The summed E-state index contributed by atoms with van der Waals surface area (Å²) in [6, 6.07) is 7.43. The highest BCUT2D eigenvalue weighted by Gasteiger charge is 2.41. The van der Waals surface area contributed by atoms with Crippen molar-refractivity contribution in [1.82, 2.24) is 4.90 Å². The minimum Gasteiger partial charge on any atom is -0.493 e. The molecule has 0 aliphatic carbocycles. The number of benzene rings is 2. The van der Waals surface area contributed by atoms with Crippen molar-refractivity contribution in [3.8, 4) is 23.0 Å². The van der Waals surface area contributed by atoms with Gasteiger partial charge in [-0.3, -0.25) is 4.90 Å². The fraction of sp³-hybridized carbons (Fsp3) is 0.500. The molecule has 5 rings (SSSR count). The van der Waals surface area contributed by atoms with Crippen LogP contribution in [0.5, 0.6) is 23.0 Å². The molecule has 3 aliphatic rings. The summed E-state index contributed by atoms with van der Waals surface area (Å²) < 4.78 is 23.2. The number of ether oxygens (including phenoxy) is 4. The zero-order valence-electron chi connectivity index (χ0n) is 18.8. The Balaban J connectivity index is 1.67. The van der Waals surface area contributed by atoms with Gasteiger partial charge in [0.25, 0.3) is 0 Å². The van der Waals surface area contributed by atoms with Crippen LogP contribution in [-0.4, -0.2) is 40.5 Å². The predicted octanol–water partition coefficient (Wildman–Crippen LogP) is 4.19. The molecule has 0 radical (unpaired) electrons. The molecular formula is C24H31NO4Si. The van der Waals surface area contributed by atoms with Gasteiger partial charge in [0.1, 0.15) is 0 Å². The molecule has 0 spiro atoms. The van der Waals surface area contributed by atoms with Gasteiger partial charge in [-0.2, -0.15) is 0 Å². The predicted molar refractivity (Wildman–Crippen MR) is 120 cm³/mol. The molecule has 0 saturated heterocycles. The van der Waals surface area contributed by atoms with Gasteiger partial charge in [-0.05, 0) is 53.8 Å². The maximum Gasteiger partial charge on any atom is 0.231 e. The van der Waals surface area contributed by atoms with Gasteiger partial charge in [-0.15, -0.1) is 0 Å². The Morgan fingerprint density at radius 1 is 0.967 bits per heavy atom. The van der Waals surface area contributed by atoms with E-state index in [1.165, 1.54) is 27.4 Å². The van der Waals surface area contributed by atoms with Crippen LogP contribution in [0.3, 0.4) is 0 Å². The van der Waals surface area contributed by atoms with Crippen molar-refractivity contribution < 1.29 is 18.9 Å². The first-order valence-electron chi connectivity index (χ1n) is 10.8. The van der Waals surface area contributed by atoms with Crippen molar-refractivity contribution in [3.05, 3.63) is 40.5 Å². The highest BCUT2D eigenvalue weighted by molar-refractivity contribution is 6.89. The average Bonchev–Trinajstić information content (AvgIpc) is 3.17. The lowest BCUT2D eigenvalue weighted by Crippen LogP contribution is -2.44. The summed E-state index contributed by atoms with van der Waals surface area (Å²) >= 11 is 0. The van der Waals surface area contributed by atoms with E-state index in [1.807, 2.05) is 0 Å². The van der Waals surface area contributed by atoms with Gasteiger partial charge in [0.2, 0.25) is 6.79 Å². The second-order valence-electron chi connectivity index (χ2n) is 9.60. The highest BCUT2D eigenvalue weighted by Crippen LogP contribution is 2.50. The first-order chi connectivity index (χ1) is 14.3. The summed E-state index contributed by atoms with van der Waals surface area (Å²) in [7, 11) is 1.93. The fourth-order valence-corrected chi connectivity index (χ4v) is 6.98. The summed E-state index contributed by atoms with van der Waals surface area (Å²) in [6.45, 7) is 10.8. The van der Waals surface area contributed by atoms with E-state index in [9.17, 15) is 0 Å². The number of hydrogen-bond acceptors (Lipinski definition) is 5. The van der Waals surface area contributed by atoms with Gasteiger partial charge < -0.3 is 18.9 Å². The third-order valence-electron chi connectivity index (χ3n) is 6.94. The lowest BCUT2D eigenvalue weighted by molar-refractivity contribution is 0.114. The van der Waals surface area contributed by atoms with Gasteiger partial charge in [-0.1, -0.05) is 25.7 Å². The van der Waals surface area contributed by atoms with E-state index < -0.39 is 8.07 Å². The molecule has 0 bridgehead atoms. The summed E-state index contributed by atoms with van der Waals surface area (Å²) in [4.78, 5) is 2.61.